The van der Waals surface area contributed by atoms with E-state index in [1.165, 1.54) is 33.3 Å². The summed E-state index contributed by atoms with van der Waals surface area (Å²) in [4.78, 5) is 0. The highest BCUT2D eigenvalue weighted by Gasteiger charge is 2.26. The van der Waals surface area contributed by atoms with Gasteiger partial charge in [-0.2, -0.15) is 4.31 Å². The quantitative estimate of drug-likeness (QED) is 0.531. The fraction of sp³-hybridized carbons (Fsp3) is 0.360. The average Bonchev–Trinajstić information content (AvgIpc) is 3.06. The van der Waals surface area contributed by atoms with Crippen LogP contribution < -0.4 is 4.74 Å². The van der Waals surface area contributed by atoms with Crippen LogP contribution >= 0.6 is 0 Å². The second-order valence-electron chi connectivity index (χ2n) is 8.07. The van der Waals surface area contributed by atoms with Crippen LogP contribution in [-0.2, 0) is 16.6 Å². The van der Waals surface area contributed by atoms with E-state index in [1.54, 1.807) is 11.4 Å². The van der Waals surface area contributed by atoms with Gasteiger partial charge in [-0.3, -0.25) is 0 Å². The molecule has 0 atom stereocenters. The summed E-state index contributed by atoms with van der Waals surface area (Å²) in [5.74, 6) is 1.07. The number of para-hydroxylation sites is 1. The first-order valence-electron chi connectivity index (χ1n) is 10.8. The van der Waals surface area contributed by atoms with Gasteiger partial charge in [0.05, 0.1) is 12.9 Å². The zero-order valence-corrected chi connectivity index (χ0v) is 19.3. The van der Waals surface area contributed by atoms with E-state index >= 15 is 0 Å². The van der Waals surface area contributed by atoms with Crippen molar-refractivity contribution >= 4 is 26.5 Å². The first kappa shape index (κ1) is 21.7. The molecule has 164 valence electrons. The first-order chi connectivity index (χ1) is 14.9. The third-order valence-electron chi connectivity index (χ3n) is 6.08. The standard InChI is InChI=1S/C25H30N2O3S/c1-4-17-31(28,29)26-15-13-21(14-16-26)25-19(2)27(24-8-6-5-7-23(24)25)18-20-9-11-22(30-3)12-10-20/h5-13H,4,14-18H2,1-3H3. The Hall–Kier alpha value is -2.57. The highest BCUT2D eigenvalue weighted by atomic mass is 32.2. The van der Waals surface area contributed by atoms with Crippen molar-refractivity contribution < 1.29 is 13.2 Å². The Balaban J connectivity index is 1.69. The number of ether oxygens (including phenoxy) is 1. The number of fused-ring (bicyclic) bond motifs is 1. The number of sulfonamides is 1. The summed E-state index contributed by atoms with van der Waals surface area (Å²) in [6.45, 7) is 5.85. The smallest absolute Gasteiger partial charge is 0.214 e. The predicted octanol–water partition coefficient (Wildman–Crippen LogP) is 4.84. The van der Waals surface area contributed by atoms with Crippen LogP contribution in [0.2, 0.25) is 0 Å². The lowest BCUT2D eigenvalue weighted by molar-refractivity contribution is 0.414. The molecule has 1 aliphatic rings. The van der Waals surface area contributed by atoms with Gasteiger partial charge in [-0.1, -0.05) is 43.3 Å². The summed E-state index contributed by atoms with van der Waals surface area (Å²) in [5, 5.41) is 1.23. The molecule has 0 saturated carbocycles. The van der Waals surface area contributed by atoms with Gasteiger partial charge < -0.3 is 9.30 Å². The second-order valence-corrected chi connectivity index (χ2v) is 10.2. The lowest BCUT2D eigenvalue weighted by Crippen LogP contribution is -2.36. The number of nitrogens with zero attached hydrogens (tertiary/aromatic N) is 2. The van der Waals surface area contributed by atoms with E-state index in [0.29, 0.717) is 19.5 Å². The molecule has 2 aromatic carbocycles. The van der Waals surface area contributed by atoms with Crippen LogP contribution in [-0.4, -0.2) is 43.2 Å². The minimum atomic E-state index is -3.16. The molecule has 2 heterocycles. The summed E-state index contributed by atoms with van der Waals surface area (Å²) in [7, 11) is -1.48. The Bertz CT molecular complexity index is 1210. The summed E-state index contributed by atoms with van der Waals surface area (Å²) < 4.78 is 34.1. The van der Waals surface area contributed by atoms with Crippen molar-refractivity contribution in [1.29, 1.82) is 0 Å². The monoisotopic (exact) mass is 438 g/mol. The third-order valence-corrected chi connectivity index (χ3v) is 8.12. The number of aromatic nitrogens is 1. The van der Waals surface area contributed by atoms with Crippen LogP contribution in [0.25, 0.3) is 16.5 Å². The van der Waals surface area contributed by atoms with Crippen molar-refractivity contribution in [3.05, 3.63) is 71.4 Å². The highest BCUT2D eigenvalue weighted by Crippen LogP contribution is 2.35. The lowest BCUT2D eigenvalue weighted by Gasteiger charge is -2.26. The minimum Gasteiger partial charge on any atom is -0.497 e. The van der Waals surface area contributed by atoms with Crippen molar-refractivity contribution in [3.63, 3.8) is 0 Å². The average molecular weight is 439 g/mol. The van der Waals surface area contributed by atoms with Gasteiger partial charge in [-0.05, 0) is 49.1 Å². The zero-order valence-electron chi connectivity index (χ0n) is 18.5. The fourth-order valence-electron chi connectivity index (χ4n) is 4.47. The molecule has 0 amide bonds. The molecule has 0 fully saturated rings. The van der Waals surface area contributed by atoms with E-state index in [1.807, 2.05) is 19.1 Å². The Morgan fingerprint density at radius 1 is 1.06 bits per heavy atom. The summed E-state index contributed by atoms with van der Waals surface area (Å²) >= 11 is 0. The van der Waals surface area contributed by atoms with Crippen molar-refractivity contribution in [2.75, 3.05) is 26.0 Å². The molecule has 0 saturated heterocycles. The molecule has 0 radical (unpaired) electrons. The number of rotatable bonds is 7. The molecule has 0 spiro atoms. The molecule has 0 N–H and O–H groups in total. The number of methoxy groups -OCH3 is 1. The van der Waals surface area contributed by atoms with E-state index in [0.717, 1.165) is 18.7 Å². The van der Waals surface area contributed by atoms with Gasteiger partial charge in [-0.15, -0.1) is 0 Å². The topological polar surface area (TPSA) is 51.5 Å². The normalized spacial score (nSPS) is 15.3. The van der Waals surface area contributed by atoms with Gasteiger partial charge in [0, 0.05) is 41.8 Å². The van der Waals surface area contributed by atoms with Gasteiger partial charge in [0.15, 0.2) is 0 Å². The van der Waals surface area contributed by atoms with Crippen molar-refractivity contribution in [2.45, 2.75) is 33.2 Å². The molecular weight excluding hydrogens is 408 g/mol. The van der Waals surface area contributed by atoms with Crippen LogP contribution in [0.4, 0.5) is 0 Å². The predicted molar refractivity (Wildman–Crippen MR) is 127 cm³/mol. The van der Waals surface area contributed by atoms with Gasteiger partial charge in [-0.25, -0.2) is 8.42 Å². The molecule has 6 heteroatoms. The molecular formula is C25H30N2O3S. The molecule has 31 heavy (non-hydrogen) atoms. The van der Waals surface area contributed by atoms with Crippen LogP contribution in [0.3, 0.4) is 0 Å². The number of hydrogen-bond donors (Lipinski definition) is 0. The Labute approximate surface area is 185 Å². The van der Waals surface area contributed by atoms with Crippen LogP contribution in [0.15, 0.2) is 54.6 Å². The molecule has 1 aromatic heterocycles. The Kier molecular flexibility index (Phi) is 6.21. The SMILES string of the molecule is CCCS(=O)(=O)N1CC=C(c2c(C)n(Cc3ccc(OC)cc3)c3ccccc23)CC1. The van der Waals surface area contributed by atoms with Crippen LogP contribution in [0.1, 0.15) is 36.6 Å². The molecule has 3 aromatic rings. The van der Waals surface area contributed by atoms with Crippen molar-refractivity contribution in [1.82, 2.24) is 8.87 Å². The molecule has 1 aliphatic heterocycles. The van der Waals surface area contributed by atoms with E-state index in [2.05, 4.69) is 54.0 Å². The highest BCUT2D eigenvalue weighted by molar-refractivity contribution is 7.89. The Morgan fingerprint density at radius 3 is 2.45 bits per heavy atom. The maximum atomic E-state index is 12.4. The summed E-state index contributed by atoms with van der Waals surface area (Å²) in [5.41, 5.74) is 6.12. The summed E-state index contributed by atoms with van der Waals surface area (Å²) in [6.07, 6.45) is 3.48. The van der Waals surface area contributed by atoms with E-state index in [9.17, 15) is 8.42 Å². The Morgan fingerprint density at radius 2 is 1.81 bits per heavy atom. The van der Waals surface area contributed by atoms with E-state index in [4.69, 9.17) is 4.74 Å². The van der Waals surface area contributed by atoms with E-state index in [-0.39, 0.29) is 5.75 Å². The van der Waals surface area contributed by atoms with Gasteiger partial charge in [0.1, 0.15) is 5.75 Å². The maximum absolute atomic E-state index is 12.4. The fourth-order valence-corrected chi connectivity index (χ4v) is 5.92. The van der Waals surface area contributed by atoms with Crippen molar-refractivity contribution in [3.8, 4) is 5.75 Å². The largest absolute Gasteiger partial charge is 0.497 e. The molecule has 0 aliphatic carbocycles. The molecule has 0 unspecified atom stereocenters. The molecule has 0 bridgehead atoms. The number of hydrogen-bond acceptors (Lipinski definition) is 3. The zero-order chi connectivity index (χ0) is 22.0. The second kappa shape index (κ2) is 8.89. The molecule has 4 rings (SSSR count). The third kappa shape index (κ3) is 4.27. The van der Waals surface area contributed by atoms with Gasteiger partial charge in [0.25, 0.3) is 0 Å². The molecule has 5 nitrogen and oxygen atoms in total. The van der Waals surface area contributed by atoms with Gasteiger partial charge in [0.2, 0.25) is 10.0 Å². The maximum Gasteiger partial charge on any atom is 0.214 e. The first-order valence-corrected chi connectivity index (χ1v) is 12.4. The lowest BCUT2D eigenvalue weighted by atomic mass is 9.97. The number of benzene rings is 2. The van der Waals surface area contributed by atoms with Crippen molar-refractivity contribution in [2.24, 2.45) is 0 Å². The van der Waals surface area contributed by atoms with Crippen LogP contribution in [0, 0.1) is 6.92 Å². The van der Waals surface area contributed by atoms with E-state index < -0.39 is 10.0 Å². The van der Waals surface area contributed by atoms with Crippen LogP contribution in [0.5, 0.6) is 5.75 Å². The minimum absolute atomic E-state index is 0.219. The summed E-state index contributed by atoms with van der Waals surface area (Å²) in [6, 6.07) is 16.7. The van der Waals surface area contributed by atoms with Gasteiger partial charge >= 0.3 is 0 Å².